The van der Waals surface area contributed by atoms with Gasteiger partial charge in [-0.2, -0.15) is 0 Å². The molecular formula is C25H31ClN8O4S. The van der Waals surface area contributed by atoms with E-state index in [1.54, 1.807) is 34.3 Å². The van der Waals surface area contributed by atoms with Gasteiger partial charge in [0.15, 0.2) is 11.7 Å². The molecule has 208 valence electrons. The predicted molar refractivity (Wildman–Crippen MR) is 148 cm³/mol. The molecule has 2 amide bonds. The molecule has 1 aliphatic rings. The molecule has 0 spiro atoms. The Morgan fingerprint density at radius 1 is 1.23 bits per heavy atom. The Morgan fingerprint density at radius 3 is 2.77 bits per heavy atom. The molecule has 1 saturated heterocycles. The molecule has 1 fully saturated rings. The number of hydrogen-bond donors (Lipinski definition) is 4. The smallest absolute Gasteiger partial charge is 0.274 e. The lowest BCUT2D eigenvalue weighted by Gasteiger charge is -2.21. The molecule has 0 aromatic carbocycles. The lowest BCUT2D eigenvalue weighted by molar-refractivity contribution is -0.124. The number of ketones is 1. The highest BCUT2D eigenvalue weighted by molar-refractivity contribution is 7.09. The molecule has 14 heteroatoms. The van der Waals surface area contributed by atoms with Gasteiger partial charge in [-0.1, -0.05) is 18.0 Å². The number of nitrogens with zero attached hydrogens (tertiary/aromatic N) is 5. The highest BCUT2D eigenvalue weighted by Crippen LogP contribution is 2.35. The SMILES string of the molecule is CNC(=O)[C@@H](CCCCN=C(N)N)CC(=O)c1csc([C@H]2C[C@@H](O)CN2C(=O)c2cn3cc(Cl)ccc3n2)n1. The number of halogens is 1. The molecule has 0 saturated carbocycles. The van der Waals surface area contributed by atoms with Gasteiger partial charge in [0.25, 0.3) is 5.91 Å². The molecule has 0 radical (unpaired) electrons. The van der Waals surface area contributed by atoms with E-state index in [4.69, 9.17) is 23.1 Å². The van der Waals surface area contributed by atoms with Crippen molar-refractivity contribution in [1.29, 1.82) is 0 Å². The van der Waals surface area contributed by atoms with Crippen LogP contribution in [0.5, 0.6) is 0 Å². The van der Waals surface area contributed by atoms with Crippen LogP contribution in [-0.2, 0) is 4.79 Å². The molecule has 3 aromatic heterocycles. The first-order valence-corrected chi connectivity index (χ1v) is 13.8. The number of carbonyl (C=O) groups is 3. The van der Waals surface area contributed by atoms with E-state index >= 15 is 0 Å². The van der Waals surface area contributed by atoms with E-state index in [2.05, 4.69) is 20.3 Å². The van der Waals surface area contributed by atoms with Crippen LogP contribution < -0.4 is 16.8 Å². The van der Waals surface area contributed by atoms with Crippen LogP contribution >= 0.6 is 22.9 Å². The molecule has 6 N–H and O–H groups in total. The van der Waals surface area contributed by atoms with E-state index in [0.717, 1.165) is 0 Å². The molecule has 1 aliphatic heterocycles. The lowest BCUT2D eigenvalue weighted by Crippen LogP contribution is -2.32. The van der Waals surface area contributed by atoms with Crippen molar-refractivity contribution in [3.63, 3.8) is 0 Å². The van der Waals surface area contributed by atoms with Gasteiger partial charge in [0.1, 0.15) is 22.0 Å². The summed E-state index contributed by atoms with van der Waals surface area (Å²) >= 11 is 7.29. The first-order valence-electron chi connectivity index (χ1n) is 12.5. The van der Waals surface area contributed by atoms with Crippen molar-refractivity contribution in [1.82, 2.24) is 24.6 Å². The number of nitrogens with two attached hydrogens (primary N) is 2. The minimum Gasteiger partial charge on any atom is -0.391 e. The van der Waals surface area contributed by atoms with Crippen LogP contribution in [0.15, 0.2) is 34.9 Å². The number of hydrogen-bond acceptors (Lipinski definition) is 8. The molecule has 0 bridgehead atoms. The topological polar surface area (TPSA) is 181 Å². The number of nitrogens with one attached hydrogen (secondary N) is 1. The average molecular weight is 575 g/mol. The first-order chi connectivity index (χ1) is 18.7. The zero-order valence-electron chi connectivity index (χ0n) is 21.4. The average Bonchev–Trinajstić information content (AvgIpc) is 3.64. The largest absolute Gasteiger partial charge is 0.391 e. The van der Waals surface area contributed by atoms with Crippen LogP contribution in [0.1, 0.15) is 64.1 Å². The van der Waals surface area contributed by atoms with Crippen LogP contribution in [-0.4, -0.2) is 74.2 Å². The number of unbranched alkanes of at least 4 members (excludes halogenated alkanes) is 1. The van der Waals surface area contributed by atoms with Gasteiger partial charge in [-0.25, -0.2) is 9.97 Å². The third-order valence-corrected chi connectivity index (χ3v) is 7.74. The number of Topliss-reactive ketones (excluding diaryl/α,β-unsaturated/α-hetero) is 1. The van der Waals surface area contributed by atoms with Gasteiger partial charge >= 0.3 is 0 Å². The minimum atomic E-state index is -0.731. The number of imidazole rings is 1. The van der Waals surface area contributed by atoms with Gasteiger partial charge in [0.05, 0.1) is 17.2 Å². The number of rotatable bonds is 11. The van der Waals surface area contributed by atoms with E-state index in [1.807, 2.05) is 0 Å². The van der Waals surface area contributed by atoms with Gasteiger partial charge < -0.3 is 31.2 Å². The second kappa shape index (κ2) is 12.5. The lowest BCUT2D eigenvalue weighted by atomic mass is 9.94. The predicted octanol–water partition coefficient (Wildman–Crippen LogP) is 1.77. The molecule has 4 rings (SSSR count). The van der Waals surface area contributed by atoms with Gasteiger partial charge in [-0.3, -0.25) is 19.4 Å². The second-order valence-electron chi connectivity index (χ2n) is 9.41. The fraction of sp³-hybridized carbons (Fsp3) is 0.440. The maximum Gasteiger partial charge on any atom is 0.274 e. The van der Waals surface area contributed by atoms with Gasteiger partial charge in [0, 0.05) is 56.7 Å². The van der Waals surface area contributed by atoms with Crippen molar-refractivity contribution in [3.8, 4) is 0 Å². The number of pyridine rings is 1. The van der Waals surface area contributed by atoms with Crippen molar-refractivity contribution in [2.24, 2.45) is 22.4 Å². The summed E-state index contributed by atoms with van der Waals surface area (Å²) in [5.74, 6) is -1.32. The first kappa shape index (κ1) is 28.5. The maximum atomic E-state index is 13.4. The summed E-state index contributed by atoms with van der Waals surface area (Å²) in [6.45, 7) is 0.580. The van der Waals surface area contributed by atoms with Crippen molar-refractivity contribution in [2.75, 3.05) is 20.1 Å². The number of aliphatic hydroxyl groups is 1. The summed E-state index contributed by atoms with van der Waals surface area (Å²) in [5.41, 5.74) is 11.7. The Kier molecular flexibility index (Phi) is 9.15. The number of aliphatic hydroxyl groups excluding tert-OH is 1. The number of guanidine groups is 1. The normalized spacial score (nSPS) is 17.8. The van der Waals surface area contributed by atoms with Gasteiger partial charge in [0.2, 0.25) is 5.91 Å². The van der Waals surface area contributed by atoms with Crippen LogP contribution in [0.4, 0.5) is 0 Å². The third kappa shape index (κ3) is 6.91. The Balaban J connectivity index is 1.44. The number of likely N-dealkylation sites (tertiary alicyclic amines) is 1. The number of amides is 2. The second-order valence-corrected chi connectivity index (χ2v) is 10.7. The molecule has 4 heterocycles. The Hall–Kier alpha value is -3.55. The minimum absolute atomic E-state index is 0.00485. The molecule has 0 unspecified atom stereocenters. The van der Waals surface area contributed by atoms with E-state index in [-0.39, 0.29) is 47.9 Å². The summed E-state index contributed by atoms with van der Waals surface area (Å²) in [4.78, 5) is 53.2. The fourth-order valence-electron chi connectivity index (χ4n) is 4.62. The summed E-state index contributed by atoms with van der Waals surface area (Å²) in [6, 6.07) is 2.90. The van der Waals surface area contributed by atoms with E-state index in [0.29, 0.717) is 47.9 Å². The molecule has 3 atom stereocenters. The summed E-state index contributed by atoms with van der Waals surface area (Å²) in [5, 5.41) is 15.7. The number of thiazole rings is 1. The zero-order valence-corrected chi connectivity index (χ0v) is 23.0. The van der Waals surface area contributed by atoms with E-state index in [9.17, 15) is 19.5 Å². The third-order valence-electron chi connectivity index (χ3n) is 6.57. The van der Waals surface area contributed by atoms with Crippen molar-refractivity contribution in [3.05, 3.63) is 51.3 Å². The number of fused-ring (bicyclic) bond motifs is 1. The van der Waals surface area contributed by atoms with E-state index in [1.165, 1.54) is 23.3 Å². The summed E-state index contributed by atoms with van der Waals surface area (Å²) in [7, 11) is 1.54. The highest BCUT2D eigenvalue weighted by Gasteiger charge is 2.38. The van der Waals surface area contributed by atoms with E-state index < -0.39 is 18.1 Å². The number of β-amino-alcohol motifs (C(OH)–C–C–N with tert-alkyl or cyclic N) is 1. The fourth-order valence-corrected chi connectivity index (χ4v) is 5.74. The molecular weight excluding hydrogens is 544 g/mol. The summed E-state index contributed by atoms with van der Waals surface area (Å²) < 4.78 is 1.67. The van der Waals surface area contributed by atoms with Crippen LogP contribution in [0, 0.1) is 5.92 Å². The monoisotopic (exact) mass is 574 g/mol. The van der Waals surface area contributed by atoms with Crippen molar-refractivity contribution < 1.29 is 19.5 Å². The van der Waals surface area contributed by atoms with Gasteiger partial charge in [-0.05, 0) is 25.0 Å². The summed E-state index contributed by atoms with van der Waals surface area (Å²) in [6.07, 6.45) is 4.69. The van der Waals surface area contributed by atoms with Crippen molar-refractivity contribution >= 4 is 52.1 Å². The quantitative estimate of drug-likeness (QED) is 0.116. The molecule has 12 nitrogen and oxygen atoms in total. The van der Waals surface area contributed by atoms with Crippen LogP contribution in [0.3, 0.4) is 0 Å². The number of aromatic nitrogens is 3. The Labute approximate surface area is 234 Å². The van der Waals surface area contributed by atoms with Crippen LogP contribution in [0.2, 0.25) is 5.02 Å². The number of carbonyl (C=O) groups excluding carboxylic acids is 3. The van der Waals surface area contributed by atoms with Crippen LogP contribution in [0.25, 0.3) is 5.65 Å². The molecule has 39 heavy (non-hydrogen) atoms. The number of aliphatic imine (C=N–C) groups is 1. The molecule has 3 aromatic rings. The Morgan fingerprint density at radius 2 is 2.03 bits per heavy atom. The van der Waals surface area contributed by atoms with Gasteiger partial charge in [-0.15, -0.1) is 11.3 Å². The maximum absolute atomic E-state index is 13.4. The Bertz CT molecular complexity index is 1390. The highest BCUT2D eigenvalue weighted by atomic mass is 35.5. The standard InChI is InChI=1S/C25H31ClN8O4S/c1-29-22(37)14(4-2-3-7-30-25(27)28)8-20(36)18-13-39-23(32-18)19-9-16(35)11-34(19)24(38)17-12-33-10-15(26)5-6-21(33)31-17/h5-6,10,12-14,16,19,35H,2-4,7-9,11H2,1H3,(H,29,37)(H4,27,28,30)/t14-,16+,19+/m0/s1. The van der Waals surface area contributed by atoms with Crippen molar-refractivity contribution in [2.45, 2.75) is 44.2 Å². The molecule has 0 aliphatic carbocycles. The zero-order chi connectivity index (χ0) is 28.1.